The number of fused-ring (bicyclic) bond motifs is 1. The predicted octanol–water partition coefficient (Wildman–Crippen LogP) is 4.27. The van der Waals surface area contributed by atoms with Gasteiger partial charge in [0.15, 0.2) is 11.5 Å². The maximum atomic E-state index is 12.7. The number of unbranched alkanes of at least 4 members (excludes halogenated alkanes) is 1. The Morgan fingerprint density at radius 2 is 1.66 bits per heavy atom. The van der Waals surface area contributed by atoms with Crippen LogP contribution in [0, 0.1) is 0 Å². The minimum absolute atomic E-state index is 0.0290. The number of halogens is 4. The molecule has 0 unspecified atom stereocenters. The summed E-state index contributed by atoms with van der Waals surface area (Å²) in [4.78, 5) is 24.2. The van der Waals surface area contributed by atoms with Crippen molar-refractivity contribution in [2.75, 3.05) is 12.3 Å². The van der Waals surface area contributed by atoms with E-state index in [-0.39, 0.29) is 35.7 Å². The van der Waals surface area contributed by atoms with Gasteiger partial charge < -0.3 is 20.4 Å². The summed E-state index contributed by atoms with van der Waals surface area (Å²) in [6, 6.07) is 10.00. The van der Waals surface area contributed by atoms with Crippen LogP contribution in [0.1, 0.15) is 29.5 Å². The molecule has 4 N–H and O–H groups in total. The molecule has 4 rings (SSSR count). The highest BCUT2D eigenvalue weighted by Crippen LogP contribution is 2.29. The zero-order valence-corrected chi connectivity index (χ0v) is 22.9. The summed E-state index contributed by atoms with van der Waals surface area (Å²) >= 11 is 5.86. The fourth-order valence-electron chi connectivity index (χ4n) is 3.74. The van der Waals surface area contributed by atoms with Gasteiger partial charge in [-0.3, -0.25) is 0 Å². The van der Waals surface area contributed by atoms with Crippen LogP contribution in [0.25, 0.3) is 11.2 Å². The number of aromatic nitrogens is 4. The molecule has 2 heterocycles. The molecule has 0 radical (unpaired) electrons. The summed E-state index contributed by atoms with van der Waals surface area (Å²) in [5, 5.41) is 2.62. The lowest BCUT2D eigenvalue weighted by Gasteiger charge is -2.10. The molecule has 0 aliphatic heterocycles. The maximum absolute atomic E-state index is 12.7. The van der Waals surface area contributed by atoms with E-state index in [0.29, 0.717) is 41.7 Å². The number of ether oxygens (including phenoxy) is 1. The highest BCUT2D eigenvalue weighted by atomic mass is 35.5. The van der Waals surface area contributed by atoms with Crippen LogP contribution in [0.2, 0.25) is 5.28 Å². The third kappa shape index (κ3) is 8.05. The summed E-state index contributed by atoms with van der Waals surface area (Å²) in [7, 11) is -3.91. The van der Waals surface area contributed by atoms with Crippen LogP contribution in [-0.4, -0.2) is 40.6 Å². The SMILES string of the molecule is Nc1nc(Cl)nc2c1ncn2CCCCOC(=O)NCc1ccc(S(=O)(=O)NCc2ccc(C(F)(F)F)cc2)cc1. The molecule has 0 fully saturated rings. The van der Waals surface area contributed by atoms with Gasteiger partial charge >= 0.3 is 12.3 Å². The number of hydrogen-bond donors (Lipinski definition) is 3. The number of sulfonamides is 1. The van der Waals surface area contributed by atoms with Crippen molar-refractivity contribution in [3.05, 3.63) is 76.8 Å². The van der Waals surface area contributed by atoms with Crippen molar-refractivity contribution in [2.24, 2.45) is 0 Å². The van der Waals surface area contributed by atoms with E-state index in [9.17, 15) is 26.4 Å². The number of nitrogen functional groups attached to an aromatic ring is 1. The lowest BCUT2D eigenvalue weighted by atomic mass is 10.1. The molecule has 2 aromatic heterocycles. The number of hydrogen-bond acceptors (Lipinski definition) is 8. The zero-order chi connectivity index (χ0) is 29.6. The molecular formula is C25H25ClF3N7O4S. The molecule has 0 spiro atoms. The minimum atomic E-state index is -4.47. The summed E-state index contributed by atoms with van der Waals surface area (Å²) in [5.41, 5.74) is 6.97. The average Bonchev–Trinajstić information content (AvgIpc) is 3.33. The molecule has 0 bridgehead atoms. The highest BCUT2D eigenvalue weighted by Gasteiger charge is 2.30. The van der Waals surface area contributed by atoms with Crippen LogP contribution in [0.4, 0.5) is 23.8 Å². The fourth-order valence-corrected chi connectivity index (χ4v) is 4.93. The molecule has 16 heteroatoms. The Hall–Kier alpha value is -3.95. The number of carbonyl (C=O) groups excluding carboxylic acids is 1. The summed E-state index contributed by atoms with van der Waals surface area (Å²) in [6.07, 6.45) is -2.26. The molecule has 41 heavy (non-hydrogen) atoms. The number of nitrogens with zero attached hydrogens (tertiary/aromatic N) is 4. The lowest BCUT2D eigenvalue weighted by molar-refractivity contribution is -0.137. The van der Waals surface area contributed by atoms with Crippen LogP contribution >= 0.6 is 11.6 Å². The molecule has 0 aliphatic rings. The number of benzene rings is 2. The second-order valence-corrected chi connectivity index (χ2v) is 11.0. The van der Waals surface area contributed by atoms with Gasteiger partial charge in [-0.1, -0.05) is 24.3 Å². The second-order valence-electron chi connectivity index (χ2n) is 8.85. The standard InChI is InChI=1S/C25H25ClF3N7O4S/c26-23-34-21(30)20-22(35-23)36(15-32-20)11-1-2-12-40-24(37)31-13-16-5-9-19(10-6-16)41(38,39)33-14-17-3-7-18(8-4-17)25(27,28)29/h3-10,15,33H,1-2,11-14H2,(H,31,37)(H2,30,34,35). The number of carbonyl (C=O) groups is 1. The monoisotopic (exact) mass is 611 g/mol. The van der Waals surface area contributed by atoms with Gasteiger partial charge in [-0.15, -0.1) is 0 Å². The van der Waals surface area contributed by atoms with Crippen molar-refractivity contribution in [1.82, 2.24) is 29.6 Å². The number of alkyl carbamates (subject to hydrolysis) is 1. The van der Waals surface area contributed by atoms with Crippen LogP contribution in [0.5, 0.6) is 0 Å². The van der Waals surface area contributed by atoms with Crippen molar-refractivity contribution in [1.29, 1.82) is 0 Å². The van der Waals surface area contributed by atoms with Gasteiger partial charge in [0.05, 0.1) is 23.4 Å². The normalized spacial score (nSPS) is 12.0. The molecule has 0 saturated carbocycles. The molecule has 2 aromatic carbocycles. The van der Waals surface area contributed by atoms with E-state index in [1.165, 1.54) is 36.4 Å². The van der Waals surface area contributed by atoms with Crippen LogP contribution < -0.4 is 15.8 Å². The third-order valence-electron chi connectivity index (χ3n) is 5.91. The third-order valence-corrected chi connectivity index (χ3v) is 7.49. The number of imidazole rings is 1. The van der Waals surface area contributed by atoms with Gasteiger partial charge in [0, 0.05) is 19.6 Å². The number of nitrogens with one attached hydrogen (secondary N) is 2. The van der Waals surface area contributed by atoms with Crippen LogP contribution in [0.3, 0.4) is 0 Å². The number of amides is 1. The fraction of sp³-hybridized carbons (Fsp3) is 0.280. The van der Waals surface area contributed by atoms with Gasteiger partial charge in [0.25, 0.3) is 0 Å². The van der Waals surface area contributed by atoms with Crippen LogP contribution in [-0.2, 0) is 40.6 Å². The second kappa shape index (κ2) is 12.7. The van der Waals surface area contributed by atoms with Crippen molar-refractivity contribution in [3.63, 3.8) is 0 Å². The highest BCUT2D eigenvalue weighted by molar-refractivity contribution is 7.89. The first-order chi connectivity index (χ1) is 19.4. The van der Waals surface area contributed by atoms with E-state index in [2.05, 4.69) is 25.0 Å². The number of nitrogens with two attached hydrogens (primary N) is 1. The summed E-state index contributed by atoms with van der Waals surface area (Å²) in [6.45, 7) is 0.674. The lowest BCUT2D eigenvalue weighted by Crippen LogP contribution is -2.25. The van der Waals surface area contributed by atoms with E-state index in [0.717, 1.165) is 12.1 Å². The van der Waals surface area contributed by atoms with E-state index < -0.39 is 27.9 Å². The van der Waals surface area contributed by atoms with Gasteiger partial charge in [-0.05, 0) is 59.8 Å². The molecule has 0 saturated heterocycles. The molecule has 0 atom stereocenters. The smallest absolute Gasteiger partial charge is 0.416 e. The van der Waals surface area contributed by atoms with Crippen molar-refractivity contribution < 1.29 is 31.1 Å². The van der Waals surface area contributed by atoms with Gasteiger partial charge in [0.2, 0.25) is 15.3 Å². The summed E-state index contributed by atoms with van der Waals surface area (Å²) in [5.74, 6) is 0.198. The first kappa shape index (κ1) is 30.0. The zero-order valence-electron chi connectivity index (χ0n) is 21.4. The van der Waals surface area contributed by atoms with Gasteiger partial charge in [-0.2, -0.15) is 23.1 Å². The Kier molecular flexibility index (Phi) is 9.30. The topological polar surface area (TPSA) is 154 Å². The Morgan fingerprint density at radius 1 is 1.00 bits per heavy atom. The Balaban J connectivity index is 1.17. The predicted molar refractivity (Wildman–Crippen MR) is 144 cm³/mol. The molecule has 0 aliphatic carbocycles. The van der Waals surface area contributed by atoms with E-state index in [4.69, 9.17) is 22.1 Å². The van der Waals surface area contributed by atoms with E-state index in [1.54, 1.807) is 10.9 Å². The van der Waals surface area contributed by atoms with E-state index >= 15 is 0 Å². The average molecular weight is 612 g/mol. The molecule has 218 valence electrons. The Bertz CT molecular complexity index is 1610. The number of aryl methyl sites for hydroxylation is 1. The van der Waals surface area contributed by atoms with Gasteiger partial charge in [-0.25, -0.2) is 22.9 Å². The molecular weight excluding hydrogens is 587 g/mol. The Morgan fingerprint density at radius 3 is 2.34 bits per heavy atom. The van der Waals surface area contributed by atoms with Gasteiger partial charge in [0.1, 0.15) is 5.52 Å². The first-order valence-electron chi connectivity index (χ1n) is 12.2. The number of anilines is 1. The molecule has 11 nitrogen and oxygen atoms in total. The van der Waals surface area contributed by atoms with Crippen molar-refractivity contribution >= 4 is 44.7 Å². The van der Waals surface area contributed by atoms with Crippen LogP contribution in [0.15, 0.2) is 59.8 Å². The Labute approximate surface area is 238 Å². The maximum Gasteiger partial charge on any atom is 0.416 e. The largest absolute Gasteiger partial charge is 0.450 e. The molecule has 1 amide bonds. The van der Waals surface area contributed by atoms with Crippen molar-refractivity contribution in [2.45, 2.75) is 43.5 Å². The summed E-state index contributed by atoms with van der Waals surface area (Å²) < 4.78 is 72.4. The quantitative estimate of drug-likeness (QED) is 0.168. The van der Waals surface area contributed by atoms with E-state index in [1.807, 2.05) is 0 Å². The number of alkyl halides is 3. The van der Waals surface area contributed by atoms with Crippen molar-refractivity contribution in [3.8, 4) is 0 Å². The molecule has 4 aromatic rings. The first-order valence-corrected chi connectivity index (χ1v) is 14.1. The minimum Gasteiger partial charge on any atom is -0.450 e. The number of rotatable bonds is 11.